The van der Waals surface area contributed by atoms with Gasteiger partial charge in [-0.1, -0.05) is 18.2 Å². The average Bonchev–Trinajstić information content (AvgIpc) is 3.13. The van der Waals surface area contributed by atoms with Crippen molar-refractivity contribution in [3.63, 3.8) is 0 Å². The predicted molar refractivity (Wildman–Crippen MR) is 125 cm³/mol. The lowest BCUT2D eigenvalue weighted by molar-refractivity contribution is -0.384. The Hall–Kier alpha value is -4.73. The first-order valence-corrected chi connectivity index (χ1v) is 10.5. The minimum absolute atomic E-state index is 0.00842. The van der Waals surface area contributed by atoms with Crippen molar-refractivity contribution in [2.24, 2.45) is 0 Å². The fourth-order valence-electron chi connectivity index (χ4n) is 4.03. The number of non-ortho nitro benzene ring substituents is 1. The summed E-state index contributed by atoms with van der Waals surface area (Å²) in [4.78, 5) is 42.4. The third-order valence-electron chi connectivity index (χ3n) is 5.67. The number of pyridine rings is 1. The molecule has 1 N–H and O–H groups in total. The van der Waals surface area contributed by atoms with E-state index in [1.807, 2.05) is 0 Å². The zero-order valence-corrected chi connectivity index (χ0v) is 18.9. The molecule has 2 heterocycles. The fourth-order valence-corrected chi connectivity index (χ4v) is 4.03. The number of amides is 1. The van der Waals surface area contributed by atoms with Crippen LogP contribution in [-0.2, 0) is 16.1 Å². The van der Waals surface area contributed by atoms with Gasteiger partial charge in [-0.05, 0) is 35.4 Å². The van der Waals surface area contributed by atoms with Gasteiger partial charge < -0.3 is 19.5 Å². The topological polar surface area (TPSA) is 132 Å². The largest absolute Gasteiger partial charge is 0.507 e. The van der Waals surface area contributed by atoms with Crippen molar-refractivity contribution in [1.82, 2.24) is 9.88 Å². The van der Waals surface area contributed by atoms with Crippen LogP contribution in [0.2, 0.25) is 0 Å². The van der Waals surface area contributed by atoms with Gasteiger partial charge in [0, 0.05) is 36.6 Å². The van der Waals surface area contributed by atoms with E-state index in [1.165, 1.54) is 49.5 Å². The summed E-state index contributed by atoms with van der Waals surface area (Å²) >= 11 is 0. The van der Waals surface area contributed by atoms with Crippen LogP contribution in [0, 0.1) is 10.1 Å². The molecule has 1 atom stereocenters. The van der Waals surface area contributed by atoms with Gasteiger partial charge in [0.15, 0.2) is 11.5 Å². The normalized spacial score (nSPS) is 16.9. The number of Topliss-reactive ketones (excluding diaryl/α,β-unsaturated/α-hetero) is 1. The number of ketones is 1. The smallest absolute Gasteiger partial charge is 0.295 e. The van der Waals surface area contributed by atoms with E-state index in [0.29, 0.717) is 22.6 Å². The fraction of sp³-hybridized carbons (Fsp3) is 0.160. The number of aliphatic hydroxyl groups excluding tert-OH is 1. The lowest BCUT2D eigenvalue weighted by atomic mass is 9.94. The van der Waals surface area contributed by atoms with Crippen LogP contribution in [0.25, 0.3) is 5.76 Å². The quantitative estimate of drug-likeness (QED) is 0.180. The van der Waals surface area contributed by atoms with Crippen LogP contribution >= 0.6 is 0 Å². The Kier molecular flexibility index (Phi) is 6.45. The van der Waals surface area contributed by atoms with Gasteiger partial charge in [-0.2, -0.15) is 0 Å². The van der Waals surface area contributed by atoms with Gasteiger partial charge in [0.2, 0.25) is 0 Å². The van der Waals surface area contributed by atoms with Crippen LogP contribution in [0.5, 0.6) is 11.5 Å². The van der Waals surface area contributed by atoms with Crippen molar-refractivity contribution in [3.05, 3.63) is 99.4 Å². The molecule has 178 valence electrons. The number of nitro benzene ring substituents is 1. The number of hydrogen-bond acceptors (Lipinski definition) is 8. The third kappa shape index (κ3) is 4.41. The number of rotatable bonds is 7. The minimum atomic E-state index is -1.07. The summed E-state index contributed by atoms with van der Waals surface area (Å²) in [6.45, 7) is 0.00842. The molecule has 4 rings (SSSR count). The van der Waals surface area contributed by atoms with Gasteiger partial charge in [-0.15, -0.1) is 0 Å². The standard InChI is InChI=1S/C25H21N3O7/c1-34-19-9-8-17(12-20(19)35-2)23(29)21-22(16-6-3-7-18(11-16)28(32)33)27(25(31)24(21)30)14-15-5-4-10-26-13-15/h3-13,22,29H,14H2,1-2H3/b23-21+/t22-/m0/s1. The van der Waals surface area contributed by atoms with E-state index in [0.717, 1.165) is 0 Å². The summed E-state index contributed by atoms with van der Waals surface area (Å²) in [7, 11) is 2.89. The monoisotopic (exact) mass is 475 g/mol. The second kappa shape index (κ2) is 9.64. The number of nitrogens with zero attached hydrogens (tertiary/aromatic N) is 3. The minimum Gasteiger partial charge on any atom is -0.507 e. The van der Waals surface area contributed by atoms with Crippen LogP contribution < -0.4 is 9.47 Å². The van der Waals surface area contributed by atoms with Gasteiger partial charge in [0.05, 0.1) is 30.8 Å². The molecule has 1 fully saturated rings. The van der Waals surface area contributed by atoms with Gasteiger partial charge in [0.1, 0.15) is 5.76 Å². The van der Waals surface area contributed by atoms with E-state index >= 15 is 0 Å². The van der Waals surface area contributed by atoms with Crippen molar-refractivity contribution < 1.29 is 29.1 Å². The lowest BCUT2D eigenvalue weighted by Crippen LogP contribution is -2.29. The highest BCUT2D eigenvalue weighted by Gasteiger charge is 2.46. The van der Waals surface area contributed by atoms with E-state index in [1.54, 1.807) is 36.7 Å². The van der Waals surface area contributed by atoms with Crippen LogP contribution in [0.3, 0.4) is 0 Å². The molecule has 1 aliphatic heterocycles. The first kappa shape index (κ1) is 23.4. The van der Waals surface area contributed by atoms with E-state index in [2.05, 4.69) is 4.98 Å². The Labute approximate surface area is 200 Å². The molecule has 0 radical (unpaired) electrons. The zero-order valence-electron chi connectivity index (χ0n) is 18.9. The Morgan fingerprint density at radius 2 is 1.86 bits per heavy atom. The third-order valence-corrected chi connectivity index (χ3v) is 5.67. The maximum atomic E-state index is 13.2. The lowest BCUT2D eigenvalue weighted by Gasteiger charge is -2.25. The molecule has 1 saturated heterocycles. The molecule has 0 unspecified atom stereocenters. The number of hydrogen-bond donors (Lipinski definition) is 1. The second-order valence-corrected chi connectivity index (χ2v) is 7.71. The molecular weight excluding hydrogens is 454 g/mol. The van der Waals surface area contributed by atoms with E-state index in [9.17, 15) is 24.8 Å². The maximum Gasteiger partial charge on any atom is 0.295 e. The van der Waals surface area contributed by atoms with Gasteiger partial charge >= 0.3 is 0 Å². The molecule has 0 bridgehead atoms. The number of benzene rings is 2. The number of ether oxygens (including phenoxy) is 2. The van der Waals surface area contributed by atoms with Crippen LogP contribution in [-0.4, -0.2) is 45.8 Å². The Morgan fingerprint density at radius 1 is 1.09 bits per heavy atom. The number of methoxy groups -OCH3 is 2. The number of aliphatic hydroxyl groups is 1. The summed E-state index contributed by atoms with van der Waals surface area (Å²) < 4.78 is 10.5. The van der Waals surface area contributed by atoms with Crippen molar-refractivity contribution in [2.45, 2.75) is 12.6 Å². The average molecular weight is 475 g/mol. The SMILES string of the molecule is COc1ccc(/C(O)=C2\C(=O)C(=O)N(Cc3cccnc3)[C@H]2c2cccc([N+](=O)[O-])c2)cc1OC. The predicted octanol–water partition coefficient (Wildman–Crippen LogP) is 3.63. The Morgan fingerprint density at radius 3 is 2.51 bits per heavy atom. The summed E-state index contributed by atoms with van der Waals surface area (Å²) in [5, 5.41) is 22.6. The Balaban J connectivity index is 1.90. The molecule has 3 aromatic rings. The first-order valence-electron chi connectivity index (χ1n) is 10.5. The molecule has 0 spiro atoms. The molecule has 0 saturated carbocycles. The number of aromatic nitrogens is 1. The van der Waals surface area contributed by atoms with Crippen LogP contribution in [0.15, 0.2) is 72.6 Å². The maximum absolute atomic E-state index is 13.2. The molecule has 2 aromatic carbocycles. The van der Waals surface area contributed by atoms with Gasteiger partial charge in [-0.3, -0.25) is 24.7 Å². The van der Waals surface area contributed by atoms with Gasteiger partial charge in [-0.25, -0.2) is 0 Å². The molecule has 10 heteroatoms. The van der Waals surface area contributed by atoms with Crippen molar-refractivity contribution in [2.75, 3.05) is 14.2 Å². The molecule has 10 nitrogen and oxygen atoms in total. The Bertz CT molecular complexity index is 1340. The molecular formula is C25H21N3O7. The van der Waals surface area contributed by atoms with Crippen molar-refractivity contribution >= 4 is 23.1 Å². The van der Waals surface area contributed by atoms with E-state index in [-0.39, 0.29) is 23.4 Å². The highest BCUT2D eigenvalue weighted by molar-refractivity contribution is 6.46. The summed E-state index contributed by atoms with van der Waals surface area (Å²) in [6, 6.07) is 12.6. The van der Waals surface area contributed by atoms with Gasteiger partial charge in [0.25, 0.3) is 17.4 Å². The highest BCUT2D eigenvalue weighted by atomic mass is 16.6. The number of likely N-dealkylation sites (tertiary alicyclic amines) is 1. The second-order valence-electron chi connectivity index (χ2n) is 7.71. The summed E-state index contributed by atoms with van der Waals surface area (Å²) in [5.41, 5.74) is 0.782. The van der Waals surface area contributed by atoms with E-state index < -0.39 is 28.4 Å². The number of carbonyl (C=O) groups excluding carboxylic acids is 2. The van der Waals surface area contributed by atoms with Crippen LogP contribution in [0.4, 0.5) is 5.69 Å². The molecule has 1 aliphatic rings. The highest BCUT2D eigenvalue weighted by Crippen LogP contribution is 2.42. The van der Waals surface area contributed by atoms with Crippen LogP contribution in [0.1, 0.15) is 22.7 Å². The zero-order chi connectivity index (χ0) is 25.1. The van der Waals surface area contributed by atoms with Crippen molar-refractivity contribution in [3.8, 4) is 11.5 Å². The summed E-state index contributed by atoms with van der Waals surface area (Å²) in [5.74, 6) is -1.45. The number of nitro groups is 1. The number of carbonyl (C=O) groups is 2. The van der Waals surface area contributed by atoms with Crippen molar-refractivity contribution in [1.29, 1.82) is 0 Å². The molecule has 1 amide bonds. The first-order chi connectivity index (χ1) is 16.8. The molecule has 35 heavy (non-hydrogen) atoms. The molecule has 0 aliphatic carbocycles. The summed E-state index contributed by atoms with van der Waals surface area (Å²) in [6.07, 6.45) is 3.13. The molecule has 1 aromatic heterocycles. The van der Waals surface area contributed by atoms with E-state index in [4.69, 9.17) is 9.47 Å².